The molecule has 0 saturated carbocycles. The van der Waals surface area contributed by atoms with Crippen LogP contribution in [0.5, 0.6) is 5.75 Å². The number of anilines is 3. The fourth-order valence-corrected chi connectivity index (χ4v) is 7.16. The number of hydrogen-bond donors (Lipinski definition) is 1. The molecule has 2 aliphatic rings. The molecule has 0 bridgehead atoms. The van der Waals surface area contributed by atoms with Crippen LogP contribution in [-0.4, -0.2) is 98.3 Å². The number of carbonyl (C=O) groups is 1. The first-order valence-corrected chi connectivity index (χ1v) is 21.0. The third-order valence-electron chi connectivity index (χ3n) is 10.9. The molecule has 4 atom stereocenters. The molecule has 0 spiro atoms. The van der Waals surface area contributed by atoms with Gasteiger partial charge in [-0.15, -0.1) is 0 Å². The Morgan fingerprint density at radius 2 is 1.63 bits per heavy atom. The molecular weight excluding hydrogens is 795 g/mol. The zero-order valence-electron chi connectivity index (χ0n) is 36.1. The summed E-state index contributed by atoms with van der Waals surface area (Å²) in [6, 6.07) is 29.5. The number of piperazine rings is 1. The van der Waals surface area contributed by atoms with Crippen LogP contribution in [0, 0.1) is 17.6 Å². The standard InChI is InChI=1S/C33H35F2N7O4.C14H23NO/c1-24(43)42(22-36-2)28-6-4-26(5-7-28)39-13-15-40(16-14-39)27-8-10-29(11-9-27)44-18-30-19-45-33(46-30,20-41-23-37-21-38-41)31-12-3-25(34)17-32(31)35;1-11(2)12(3)16-10-14(15)9-13-7-5-4-6-8-13/h3-12,17,21-23,30H,13-16,18-20H2,1-2H3;4-8,11-12,14H,9-10,15H2,1-3H3. The molecule has 4 unspecified atom stereocenters. The monoisotopic (exact) mass is 852 g/mol. The number of ether oxygens (including phenoxy) is 4. The van der Waals surface area contributed by atoms with Gasteiger partial charge in [0.2, 0.25) is 11.7 Å². The number of aromatic nitrogens is 3. The maximum absolute atomic E-state index is 14.8. The van der Waals surface area contributed by atoms with E-state index in [2.05, 4.69) is 57.8 Å². The minimum absolute atomic E-state index is 0.0338. The van der Waals surface area contributed by atoms with Crippen molar-refractivity contribution in [3.05, 3.63) is 132 Å². The fourth-order valence-electron chi connectivity index (χ4n) is 7.16. The van der Waals surface area contributed by atoms with Crippen LogP contribution in [0.25, 0.3) is 0 Å². The number of rotatable bonds is 16. The van der Waals surface area contributed by atoms with Crippen LogP contribution < -0.4 is 25.2 Å². The van der Waals surface area contributed by atoms with Crippen LogP contribution in [-0.2, 0) is 37.8 Å². The van der Waals surface area contributed by atoms with Gasteiger partial charge in [-0.25, -0.2) is 18.4 Å². The van der Waals surface area contributed by atoms with Crippen molar-refractivity contribution in [2.75, 3.05) is 67.7 Å². The van der Waals surface area contributed by atoms with Crippen molar-refractivity contribution in [3.63, 3.8) is 0 Å². The van der Waals surface area contributed by atoms with Crippen molar-refractivity contribution in [1.82, 2.24) is 14.8 Å². The summed E-state index contributed by atoms with van der Waals surface area (Å²) in [6.07, 6.45) is 5.02. The molecule has 13 nitrogen and oxygen atoms in total. The van der Waals surface area contributed by atoms with Gasteiger partial charge >= 0.3 is 0 Å². The third-order valence-corrected chi connectivity index (χ3v) is 10.9. The molecule has 3 heterocycles. The second-order valence-electron chi connectivity index (χ2n) is 15.8. The largest absolute Gasteiger partial charge is 0.491 e. The molecule has 2 aliphatic heterocycles. The number of hydrogen-bond acceptors (Lipinski definition) is 11. The van der Waals surface area contributed by atoms with Gasteiger partial charge in [-0.1, -0.05) is 44.2 Å². The summed E-state index contributed by atoms with van der Waals surface area (Å²) in [6.45, 7) is 12.3. The summed E-state index contributed by atoms with van der Waals surface area (Å²) in [4.78, 5) is 26.0. The SMILES string of the molecule is CC(C)C(C)OCC(N)Cc1ccccc1.CN=CN(C(C)=O)c1ccc(N2CCN(c3ccc(OCC4COC(Cn5cncn5)(c5ccc(F)cc5F)O4)cc3)CC2)cc1. The molecule has 2 N–H and O–H groups in total. The number of aliphatic imine (C=N–C) groups is 1. The maximum Gasteiger partial charge on any atom is 0.229 e. The molecule has 1 aromatic heterocycles. The first-order valence-electron chi connectivity index (χ1n) is 21.0. The Labute approximate surface area is 363 Å². The van der Waals surface area contributed by atoms with Crippen molar-refractivity contribution in [3.8, 4) is 5.75 Å². The van der Waals surface area contributed by atoms with E-state index in [0.29, 0.717) is 18.3 Å². The van der Waals surface area contributed by atoms with Crippen LogP contribution in [0.15, 0.2) is 115 Å². The lowest BCUT2D eigenvalue weighted by Crippen LogP contribution is -2.46. The van der Waals surface area contributed by atoms with E-state index >= 15 is 0 Å². The van der Waals surface area contributed by atoms with Gasteiger partial charge in [-0.05, 0) is 85.5 Å². The summed E-state index contributed by atoms with van der Waals surface area (Å²) >= 11 is 0. The average molecular weight is 853 g/mol. The summed E-state index contributed by atoms with van der Waals surface area (Å²) in [5.74, 6) is -1.84. The Kier molecular flexibility index (Phi) is 16.1. The van der Waals surface area contributed by atoms with Gasteiger partial charge in [-0.2, -0.15) is 5.10 Å². The molecule has 4 aromatic carbocycles. The van der Waals surface area contributed by atoms with Crippen molar-refractivity contribution in [2.45, 2.75) is 64.7 Å². The minimum atomic E-state index is -1.51. The van der Waals surface area contributed by atoms with Gasteiger partial charge < -0.3 is 34.5 Å². The van der Waals surface area contributed by atoms with Gasteiger partial charge in [0.1, 0.15) is 49.3 Å². The van der Waals surface area contributed by atoms with Crippen molar-refractivity contribution < 1.29 is 32.5 Å². The summed E-state index contributed by atoms with van der Waals surface area (Å²) in [5.41, 5.74) is 10.4. The Hall–Kier alpha value is -5.74. The van der Waals surface area contributed by atoms with E-state index in [4.69, 9.17) is 24.7 Å². The first-order chi connectivity index (χ1) is 29.9. The van der Waals surface area contributed by atoms with Gasteiger partial charge in [0.25, 0.3) is 0 Å². The van der Waals surface area contributed by atoms with Gasteiger partial charge in [0.15, 0.2) is 0 Å². The second-order valence-corrected chi connectivity index (χ2v) is 15.8. The normalized spacial score (nSPS) is 18.7. The fraction of sp³-hybridized carbons (Fsp3) is 0.404. The Morgan fingerprint density at radius 3 is 2.21 bits per heavy atom. The molecule has 5 aromatic rings. The Bertz CT molecular complexity index is 2150. The van der Waals surface area contributed by atoms with E-state index in [1.807, 2.05) is 66.7 Å². The highest BCUT2D eigenvalue weighted by molar-refractivity contribution is 6.07. The number of amides is 1. The lowest BCUT2D eigenvalue weighted by Gasteiger charge is -2.37. The summed E-state index contributed by atoms with van der Waals surface area (Å²) < 4.78 is 53.9. The van der Waals surface area contributed by atoms with Crippen molar-refractivity contribution in [1.29, 1.82) is 0 Å². The van der Waals surface area contributed by atoms with E-state index in [1.165, 1.54) is 53.2 Å². The van der Waals surface area contributed by atoms with Crippen LogP contribution in [0.4, 0.5) is 25.8 Å². The molecule has 0 radical (unpaired) electrons. The van der Waals surface area contributed by atoms with E-state index in [-0.39, 0.29) is 43.4 Å². The quantitative estimate of drug-likeness (QED) is 0.0830. The molecule has 2 fully saturated rings. The van der Waals surface area contributed by atoms with Crippen LogP contribution in [0.2, 0.25) is 0 Å². The number of halogens is 2. The van der Waals surface area contributed by atoms with Gasteiger partial charge in [0, 0.05) is 74.9 Å². The third kappa shape index (κ3) is 12.4. The van der Waals surface area contributed by atoms with Crippen molar-refractivity contribution >= 4 is 29.3 Å². The number of carbonyl (C=O) groups excluding carboxylic acids is 1. The van der Waals surface area contributed by atoms with Crippen molar-refractivity contribution in [2.24, 2.45) is 16.6 Å². The molecule has 0 aliphatic carbocycles. The lowest BCUT2D eigenvalue weighted by atomic mass is 10.0. The van der Waals surface area contributed by atoms with Gasteiger partial charge in [-0.3, -0.25) is 14.7 Å². The Balaban J connectivity index is 0.000000338. The maximum atomic E-state index is 14.8. The minimum Gasteiger partial charge on any atom is -0.491 e. The van der Waals surface area contributed by atoms with E-state index in [9.17, 15) is 13.6 Å². The molecule has 62 heavy (non-hydrogen) atoms. The van der Waals surface area contributed by atoms with E-state index in [0.717, 1.165) is 55.7 Å². The molecule has 7 rings (SSSR count). The average Bonchev–Trinajstić information content (AvgIpc) is 3.95. The number of nitrogens with zero attached hydrogens (tertiary/aromatic N) is 7. The van der Waals surface area contributed by atoms with E-state index in [1.54, 1.807) is 7.05 Å². The summed E-state index contributed by atoms with van der Waals surface area (Å²) in [5, 5.41) is 4.10. The second kappa shape index (κ2) is 21.9. The highest BCUT2D eigenvalue weighted by Gasteiger charge is 2.46. The smallest absolute Gasteiger partial charge is 0.229 e. The zero-order valence-corrected chi connectivity index (χ0v) is 36.1. The first kappa shape index (κ1) is 45.8. The number of benzene rings is 4. The predicted octanol–water partition coefficient (Wildman–Crippen LogP) is 6.86. The highest BCUT2D eigenvalue weighted by Crippen LogP contribution is 2.38. The molecule has 1 amide bonds. The molecule has 2 saturated heterocycles. The molecular formula is C47H58F2N8O5. The lowest BCUT2D eigenvalue weighted by molar-refractivity contribution is -0.192. The zero-order chi connectivity index (χ0) is 44.1. The Morgan fingerprint density at radius 1 is 0.968 bits per heavy atom. The van der Waals surface area contributed by atoms with Crippen LogP contribution in [0.3, 0.4) is 0 Å². The number of nitrogens with two attached hydrogens (primary N) is 1. The molecule has 330 valence electrons. The van der Waals surface area contributed by atoms with Gasteiger partial charge in [0.05, 0.1) is 25.7 Å². The topological polar surface area (TPSA) is 133 Å². The van der Waals surface area contributed by atoms with Crippen LogP contribution >= 0.6 is 0 Å². The van der Waals surface area contributed by atoms with E-state index < -0.39 is 23.5 Å². The summed E-state index contributed by atoms with van der Waals surface area (Å²) in [7, 11) is 1.64. The molecule has 15 heteroatoms. The highest BCUT2D eigenvalue weighted by atomic mass is 19.1. The predicted molar refractivity (Wildman–Crippen MR) is 238 cm³/mol. The van der Waals surface area contributed by atoms with Crippen LogP contribution in [0.1, 0.15) is 38.8 Å².